The van der Waals surface area contributed by atoms with Crippen LogP contribution in [0.1, 0.15) is 66.4 Å². The first-order chi connectivity index (χ1) is 15.1. The Morgan fingerprint density at radius 1 is 1.09 bits per heavy atom. The van der Waals surface area contributed by atoms with Crippen molar-refractivity contribution in [2.75, 3.05) is 26.9 Å². The highest BCUT2D eigenvalue weighted by Gasteiger charge is 2.64. The van der Waals surface area contributed by atoms with Gasteiger partial charge in [-0.05, 0) is 45.6 Å². The van der Waals surface area contributed by atoms with E-state index >= 15 is 0 Å². The largest absolute Gasteiger partial charge is 0.468 e. The molecule has 2 aliphatic rings. The van der Waals surface area contributed by atoms with Gasteiger partial charge in [-0.2, -0.15) is 5.06 Å². The first kappa shape index (κ1) is 25.2. The van der Waals surface area contributed by atoms with Crippen molar-refractivity contribution < 1.29 is 23.8 Å². The topological polar surface area (TPSA) is 57.2 Å². The van der Waals surface area contributed by atoms with Crippen molar-refractivity contribution in [2.45, 2.75) is 84.1 Å². The summed E-state index contributed by atoms with van der Waals surface area (Å²) in [6.07, 6.45) is 3.32. The van der Waals surface area contributed by atoms with Crippen molar-refractivity contribution in [3.8, 4) is 0 Å². The maximum absolute atomic E-state index is 12.3. The van der Waals surface area contributed by atoms with Crippen LogP contribution in [0.25, 0.3) is 0 Å². The van der Waals surface area contributed by atoms with Gasteiger partial charge in [0.1, 0.15) is 5.41 Å². The van der Waals surface area contributed by atoms with Gasteiger partial charge in [-0.25, -0.2) is 0 Å². The summed E-state index contributed by atoms with van der Waals surface area (Å²) in [7, 11) is 1.41. The lowest BCUT2D eigenvalue weighted by molar-refractivity contribution is -0.407. The van der Waals surface area contributed by atoms with E-state index in [1.54, 1.807) is 0 Å². The molecule has 2 aliphatic heterocycles. The molecule has 180 valence electrons. The van der Waals surface area contributed by atoms with Crippen LogP contribution in [0.5, 0.6) is 0 Å². The maximum Gasteiger partial charge on any atom is 0.316 e. The number of hydroxylamine groups is 2. The Hall–Kier alpha value is -1.47. The van der Waals surface area contributed by atoms with Crippen LogP contribution < -0.4 is 0 Å². The number of rotatable bonds is 7. The number of benzene rings is 1. The molecule has 2 heterocycles. The highest BCUT2D eigenvalue weighted by molar-refractivity contribution is 5.76. The number of carbonyl (C=O) groups excluding carboxylic acids is 1. The Bertz CT molecular complexity index is 776. The molecule has 0 saturated carbocycles. The summed E-state index contributed by atoms with van der Waals surface area (Å²) in [5.74, 6) is -1.01. The van der Waals surface area contributed by atoms with Crippen molar-refractivity contribution in [3.05, 3.63) is 35.9 Å². The van der Waals surface area contributed by atoms with E-state index in [-0.39, 0.29) is 23.0 Å². The quantitative estimate of drug-likeness (QED) is 0.562. The molecule has 3 unspecified atom stereocenters. The minimum absolute atomic E-state index is 0.0403. The van der Waals surface area contributed by atoms with Crippen molar-refractivity contribution in [1.82, 2.24) is 5.06 Å². The molecule has 0 bridgehead atoms. The molecule has 0 aliphatic carbocycles. The van der Waals surface area contributed by atoms with Crippen LogP contribution in [0.4, 0.5) is 0 Å². The first-order valence-corrected chi connectivity index (χ1v) is 11.9. The smallest absolute Gasteiger partial charge is 0.316 e. The van der Waals surface area contributed by atoms with Crippen molar-refractivity contribution in [1.29, 1.82) is 0 Å². The summed E-state index contributed by atoms with van der Waals surface area (Å²) < 4.78 is 17.9. The van der Waals surface area contributed by atoms with E-state index in [1.807, 2.05) is 13.0 Å². The monoisotopic (exact) mass is 447 g/mol. The minimum atomic E-state index is -0.783. The summed E-state index contributed by atoms with van der Waals surface area (Å²) in [6, 6.07) is 10.4. The van der Waals surface area contributed by atoms with Gasteiger partial charge in [0.05, 0.1) is 32.5 Å². The Labute approximate surface area is 193 Å². The Kier molecular flexibility index (Phi) is 7.40. The highest BCUT2D eigenvalue weighted by atomic mass is 16.7. The van der Waals surface area contributed by atoms with E-state index in [0.29, 0.717) is 26.2 Å². The summed E-state index contributed by atoms with van der Waals surface area (Å²) >= 11 is 0. The Morgan fingerprint density at radius 3 is 2.25 bits per heavy atom. The number of esters is 1. The van der Waals surface area contributed by atoms with Gasteiger partial charge in [0, 0.05) is 17.9 Å². The molecule has 3 rings (SSSR count). The standard InChI is InChI=1S/C26H41NO5/c1-8-24(5)17-26(30-18-23(4,19-31-26)22(28)29-7)20(3)25(6,9-2)27(24)32-16-15-21-13-11-10-12-14-21/h10-14,20H,8-9,15-19H2,1-7H3. The minimum Gasteiger partial charge on any atom is -0.468 e. The molecule has 1 spiro atoms. The second-order valence-electron chi connectivity index (χ2n) is 10.3. The molecule has 3 atom stereocenters. The molecule has 0 aromatic heterocycles. The van der Waals surface area contributed by atoms with Gasteiger partial charge in [-0.1, -0.05) is 51.1 Å². The van der Waals surface area contributed by atoms with Gasteiger partial charge in [0.25, 0.3) is 0 Å². The van der Waals surface area contributed by atoms with Crippen LogP contribution in [0, 0.1) is 11.3 Å². The zero-order valence-corrected chi connectivity index (χ0v) is 20.9. The SMILES string of the molecule is CCC1(C)CC2(OCC(C)(C(=O)OC)CO2)C(C)C(C)(CC)N1OCCc1ccccc1. The van der Waals surface area contributed by atoms with Gasteiger partial charge >= 0.3 is 5.97 Å². The van der Waals surface area contributed by atoms with Gasteiger partial charge in [0.15, 0.2) is 5.79 Å². The van der Waals surface area contributed by atoms with Crippen LogP contribution in [0.15, 0.2) is 30.3 Å². The molecule has 6 nitrogen and oxygen atoms in total. The lowest BCUT2D eigenvalue weighted by Gasteiger charge is -2.64. The van der Waals surface area contributed by atoms with E-state index in [9.17, 15) is 4.79 Å². The fraction of sp³-hybridized carbons (Fsp3) is 0.731. The van der Waals surface area contributed by atoms with E-state index < -0.39 is 11.2 Å². The third-order valence-corrected chi connectivity index (χ3v) is 8.05. The summed E-state index contributed by atoms with van der Waals surface area (Å²) in [5.41, 5.74) is -0.0774. The van der Waals surface area contributed by atoms with E-state index in [2.05, 4.69) is 63.9 Å². The van der Waals surface area contributed by atoms with Crippen LogP contribution in [-0.4, -0.2) is 54.8 Å². The molecule has 2 fully saturated rings. The molecule has 6 heteroatoms. The second-order valence-corrected chi connectivity index (χ2v) is 10.3. The van der Waals surface area contributed by atoms with Crippen LogP contribution in [0.2, 0.25) is 0 Å². The van der Waals surface area contributed by atoms with Crippen LogP contribution in [-0.2, 0) is 30.3 Å². The lowest BCUT2D eigenvalue weighted by Crippen LogP contribution is -2.74. The molecular weight excluding hydrogens is 406 g/mol. The van der Waals surface area contributed by atoms with E-state index in [1.165, 1.54) is 12.7 Å². The second kappa shape index (κ2) is 9.41. The average molecular weight is 448 g/mol. The molecular formula is C26H41NO5. The number of carbonyl (C=O) groups is 1. The fourth-order valence-electron chi connectivity index (χ4n) is 5.31. The number of methoxy groups -OCH3 is 1. The van der Waals surface area contributed by atoms with Gasteiger partial charge in [-0.15, -0.1) is 0 Å². The Morgan fingerprint density at radius 2 is 1.72 bits per heavy atom. The van der Waals surface area contributed by atoms with Crippen LogP contribution >= 0.6 is 0 Å². The number of nitrogens with zero attached hydrogens (tertiary/aromatic N) is 1. The molecule has 0 radical (unpaired) electrons. The lowest BCUT2D eigenvalue weighted by atomic mass is 9.67. The summed E-state index contributed by atoms with van der Waals surface area (Å²) in [6.45, 7) is 14.1. The maximum atomic E-state index is 12.3. The zero-order chi connectivity index (χ0) is 23.6. The number of hydrogen-bond acceptors (Lipinski definition) is 6. The van der Waals surface area contributed by atoms with Crippen molar-refractivity contribution >= 4 is 5.97 Å². The molecule has 32 heavy (non-hydrogen) atoms. The average Bonchev–Trinajstić information content (AvgIpc) is 2.82. The predicted octanol–water partition coefficient (Wildman–Crippen LogP) is 4.76. The zero-order valence-electron chi connectivity index (χ0n) is 20.9. The first-order valence-electron chi connectivity index (χ1n) is 11.9. The third kappa shape index (κ3) is 4.35. The Balaban J connectivity index is 1.82. The summed E-state index contributed by atoms with van der Waals surface area (Å²) in [4.78, 5) is 18.8. The molecule has 0 N–H and O–H groups in total. The molecule has 1 aromatic rings. The number of piperidine rings is 1. The van der Waals surface area contributed by atoms with Crippen molar-refractivity contribution in [2.24, 2.45) is 11.3 Å². The number of ether oxygens (including phenoxy) is 3. The summed E-state index contributed by atoms with van der Waals surface area (Å²) in [5, 5.41) is 2.24. The predicted molar refractivity (Wildman–Crippen MR) is 124 cm³/mol. The van der Waals surface area contributed by atoms with Gasteiger partial charge in [0.2, 0.25) is 0 Å². The van der Waals surface area contributed by atoms with E-state index in [0.717, 1.165) is 19.3 Å². The highest BCUT2D eigenvalue weighted by Crippen LogP contribution is 2.54. The number of hydrogen-bond donors (Lipinski definition) is 0. The van der Waals surface area contributed by atoms with Crippen LogP contribution in [0.3, 0.4) is 0 Å². The fourth-order valence-corrected chi connectivity index (χ4v) is 5.31. The normalized spacial score (nSPS) is 38.0. The third-order valence-electron chi connectivity index (χ3n) is 8.05. The van der Waals surface area contributed by atoms with E-state index in [4.69, 9.17) is 19.0 Å². The van der Waals surface area contributed by atoms with Crippen molar-refractivity contribution in [3.63, 3.8) is 0 Å². The molecule has 1 aromatic carbocycles. The molecule has 2 saturated heterocycles. The molecule has 0 amide bonds. The van der Waals surface area contributed by atoms with Gasteiger partial charge in [-0.3, -0.25) is 9.63 Å². The van der Waals surface area contributed by atoms with Gasteiger partial charge < -0.3 is 14.2 Å².